The zero-order valence-corrected chi connectivity index (χ0v) is 9.91. The Morgan fingerprint density at radius 3 is 3.06 bits per heavy atom. The minimum atomic E-state index is -0.379. The zero-order valence-electron chi connectivity index (χ0n) is 9.91. The van der Waals surface area contributed by atoms with Gasteiger partial charge in [-0.15, -0.1) is 0 Å². The topological polar surface area (TPSA) is 53.4 Å². The highest BCUT2D eigenvalue weighted by molar-refractivity contribution is 5.98. The van der Waals surface area contributed by atoms with Crippen LogP contribution in [0.3, 0.4) is 0 Å². The third-order valence-electron chi connectivity index (χ3n) is 3.30. The Kier molecular flexibility index (Phi) is 2.72. The first-order valence-electron chi connectivity index (χ1n) is 6.06. The van der Waals surface area contributed by atoms with Crippen molar-refractivity contribution in [1.29, 1.82) is 0 Å². The van der Waals surface area contributed by atoms with Gasteiger partial charge in [-0.3, -0.25) is 9.78 Å². The van der Waals surface area contributed by atoms with Crippen LogP contribution in [-0.4, -0.2) is 40.1 Å². The number of aliphatic hydroxyl groups excluding tert-OH is 1. The fraction of sp³-hybridized carbons (Fsp3) is 0.286. The monoisotopic (exact) mass is 242 g/mol. The van der Waals surface area contributed by atoms with E-state index in [4.69, 9.17) is 0 Å². The number of hydrogen-bond acceptors (Lipinski definition) is 3. The highest BCUT2D eigenvalue weighted by Crippen LogP contribution is 2.17. The molecule has 2 heterocycles. The molecule has 1 aliphatic rings. The van der Waals surface area contributed by atoms with Gasteiger partial charge in [0.15, 0.2) is 0 Å². The Balaban J connectivity index is 1.92. The van der Waals surface area contributed by atoms with Crippen molar-refractivity contribution in [3.8, 4) is 0 Å². The van der Waals surface area contributed by atoms with Crippen LogP contribution in [0.5, 0.6) is 0 Å². The van der Waals surface area contributed by atoms with Crippen molar-refractivity contribution in [3.63, 3.8) is 0 Å². The predicted octanol–water partition coefficient (Wildman–Crippen LogP) is 1.44. The second-order valence-corrected chi connectivity index (χ2v) is 4.60. The Morgan fingerprint density at radius 2 is 2.28 bits per heavy atom. The molecule has 1 aliphatic heterocycles. The van der Waals surface area contributed by atoms with Crippen LogP contribution >= 0.6 is 0 Å². The molecule has 0 aliphatic carbocycles. The summed E-state index contributed by atoms with van der Waals surface area (Å²) in [6.45, 7) is 1.06. The minimum absolute atomic E-state index is 0.0164. The summed E-state index contributed by atoms with van der Waals surface area (Å²) < 4.78 is 0. The number of aromatic nitrogens is 1. The standard InChI is InChI=1S/C14H14N2O2/c17-12-5-7-16(9-12)14(18)11-3-4-13-10(8-11)2-1-6-15-13/h1-4,6,8,12,17H,5,7,9H2. The lowest BCUT2D eigenvalue weighted by Gasteiger charge is -2.15. The van der Waals surface area contributed by atoms with Crippen molar-refractivity contribution in [2.75, 3.05) is 13.1 Å². The Morgan fingerprint density at radius 1 is 1.39 bits per heavy atom. The average Bonchev–Trinajstić information content (AvgIpc) is 2.84. The van der Waals surface area contributed by atoms with Crippen molar-refractivity contribution in [2.45, 2.75) is 12.5 Å². The van der Waals surface area contributed by atoms with Gasteiger partial charge in [0.1, 0.15) is 0 Å². The molecular weight excluding hydrogens is 228 g/mol. The molecule has 1 fully saturated rings. The normalized spacial score (nSPS) is 19.4. The molecule has 0 radical (unpaired) electrons. The van der Waals surface area contributed by atoms with Crippen LogP contribution in [0.15, 0.2) is 36.5 Å². The first-order valence-corrected chi connectivity index (χ1v) is 6.06. The van der Waals surface area contributed by atoms with Crippen molar-refractivity contribution >= 4 is 16.8 Å². The van der Waals surface area contributed by atoms with Crippen LogP contribution in [0.25, 0.3) is 10.9 Å². The lowest BCUT2D eigenvalue weighted by molar-refractivity contribution is 0.0765. The summed E-state index contributed by atoms with van der Waals surface area (Å²) in [7, 11) is 0. The maximum Gasteiger partial charge on any atom is 0.253 e. The fourth-order valence-corrected chi connectivity index (χ4v) is 2.32. The van der Waals surface area contributed by atoms with Crippen LogP contribution < -0.4 is 0 Å². The summed E-state index contributed by atoms with van der Waals surface area (Å²) in [6, 6.07) is 9.31. The summed E-state index contributed by atoms with van der Waals surface area (Å²) in [5, 5.41) is 10.4. The third-order valence-corrected chi connectivity index (χ3v) is 3.30. The molecule has 2 aromatic rings. The van der Waals surface area contributed by atoms with Crippen molar-refractivity contribution in [1.82, 2.24) is 9.88 Å². The maximum absolute atomic E-state index is 12.2. The minimum Gasteiger partial charge on any atom is -0.391 e. The number of amides is 1. The van der Waals surface area contributed by atoms with Crippen LogP contribution in [0.4, 0.5) is 0 Å². The molecule has 3 rings (SSSR count). The van der Waals surface area contributed by atoms with E-state index in [1.807, 2.05) is 24.3 Å². The molecule has 1 saturated heterocycles. The Labute approximate surface area is 105 Å². The quantitative estimate of drug-likeness (QED) is 0.823. The molecule has 4 nitrogen and oxygen atoms in total. The first-order chi connectivity index (χ1) is 8.74. The number of likely N-dealkylation sites (tertiary alicyclic amines) is 1. The van der Waals surface area contributed by atoms with Gasteiger partial charge >= 0.3 is 0 Å². The van der Waals surface area contributed by atoms with E-state index in [1.54, 1.807) is 17.2 Å². The van der Waals surface area contributed by atoms with Crippen molar-refractivity contribution in [2.24, 2.45) is 0 Å². The number of rotatable bonds is 1. The SMILES string of the molecule is O=C(c1ccc2ncccc2c1)N1CCC(O)C1. The molecule has 4 heteroatoms. The molecular formula is C14H14N2O2. The number of nitrogens with zero attached hydrogens (tertiary/aromatic N) is 2. The van der Waals surface area contributed by atoms with Crippen LogP contribution in [0, 0.1) is 0 Å². The smallest absolute Gasteiger partial charge is 0.253 e. The van der Waals surface area contributed by atoms with Gasteiger partial charge in [-0.25, -0.2) is 0 Å². The van der Waals surface area contributed by atoms with Gasteiger partial charge in [-0.1, -0.05) is 6.07 Å². The van der Waals surface area contributed by atoms with Crippen LogP contribution in [0.1, 0.15) is 16.8 Å². The van der Waals surface area contributed by atoms with E-state index in [9.17, 15) is 9.90 Å². The average molecular weight is 242 g/mol. The fourth-order valence-electron chi connectivity index (χ4n) is 2.32. The molecule has 1 aromatic carbocycles. The van der Waals surface area contributed by atoms with E-state index < -0.39 is 0 Å². The lowest BCUT2D eigenvalue weighted by atomic mass is 10.1. The molecule has 1 aromatic heterocycles. The van der Waals surface area contributed by atoms with Gasteiger partial charge in [0.05, 0.1) is 11.6 Å². The van der Waals surface area contributed by atoms with Gasteiger partial charge in [-0.2, -0.15) is 0 Å². The highest BCUT2D eigenvalue weighted by Gasteiger charge is 2.25. The molecule has 1 amide bonds. The van der Waals surface area contributed by atoms with E-state index in [2.05, 4.69) is 4.98 Å². The number of benzene rings is 1. The van der Waals surface area contributed by atoms with Crippen LogP contribution in [0.2, 0.25) is 0 Å². The van der Waals surface area contributed by atoms with Crippen LogP contribution in [-0.2, 0) is 0 Å². The number of carbonyl (C=O) groups is 1. The second kappa shape index (κ2) is 4.38. The second-order valence-electron chi connectivity index (χ2n) is 4.60. The van der Waals surface area contributed by atoms with E-state index in [1.165, 1.54) is 0 Å². The van der Waals surface area contributed by atoms with E-state index in [0.717, 1.165) is 10.9 Å². The summed E-state index contributed by atoms with van der Waals surface area (Å²) in [6.07, 6.45) is 2.03. The molecule has 0 spiro atoms. The summed E-state index contributed by atoms with van der Waals surface area (Å²) in [4.78, 5) is 18.2. The molecule has 18 heavy (non-hydrogen) atoms. The first kappa shape index (κ1) is 11.2. The summed E-state index contributed by atoms with van der Waals surface area (Å²) in [5.74, 6) is -0.0164. The Hall–Kier alpha value is -1.94. The largest absolute Gasteiger partial charge is 0.391 e. The van der Waals surface area contributed by atoms with E-state index >= 15 is 0 Å². The maximum atomic E-state index is 12.2. The lowest BCUT2D eigenvalue weighted by Crippen LogP contribution is -2.29. The number of fused-ring (bicyclic) bond motifs is 1. The van der Waals surface area contributed by atoms with E-state index in [-0.39, 0.29) is 12.0 Å². The molecule has 0 saturated carbocycles. The van der Waals surface area contributed by atoms with E-state index in [0.29, 0.717) is 25.1 Å². The number of β-amino-alcohol motifs (C(OH)–C–C–N with tert-alkyl or cyclic N) is 1. The highest BCUT2D eigenvalue weighted by atomic mass is 16.3. The van der Waals surface area contributed by atoms with Gasteiger partial charge in [0.2, 0.25) is 0 Å². The molecule has 1 unspecified atom stereocenters. The van der Waals surface area contributed by atoms with Crippen molar-refractivity contribution < 1.29 is 9.90 Å². The summed E-state index contributed by atoms with van der Waals surface area (Å²) >= 11 is 0. The number of carbonyl (C=O) groups excluding carboxylic acids is 1. The number of hydrogen-bond donors (Lipinski definition) is 1. The zero-order chi connectivity index (χ0) is 12.5. The van der Waals surface area contributed by atoms with Gasteiger partial charge in [0.25, 0.3) is 5.91 Å². The predicted molar refractivity (Wildman–Crippen MR) is 68.3 cm³/mol. The summed E-state index contributed by atoms with van der Waals surface area (Å²) in [5.41, 5.74) is 1.54. The molecule has 1 N–H and O–H groups in total. The Bertz CT molecular complexity index is 597. The van der Waals surface area contributed by atoms with Gasteiger partial charge in [0, 0.05) is 30.2 Å². The third kappa shape index (κ3) is 1.95. The number of pyridine rings is 1. The van der Waals surface area contributed by atoms with Gasteiger partial charge in [-0.05, 0) is 30.7 Å². The number of aliphatic hydroxyl groups is 1. The van der Waals surface area contributed by atoms with Gasteiger partial charge < -0.3 is 10.0 Å². The molecule has 92 valence electrons. The molecule has 0 bridgehead atoms. The van der Waals surface area contributed by atoms with Crippen molar-refractivity contribution in [3.05, 3.63) is 42.1 Å². The molecule has 1 atom stereocenters.